The highest BCUT2D eigenvalue weighted by atomic mass is 19.1. The standard InChI is InChI=1S/C17H26FNO/c1-12-5-4-8-17(10-12,11-19)16(3,20)14-7-6-13(2)15(18)9-14/h6-7,9,12,20H,4-5,8,10-11,19H2,1-3H3. The van der Waals surface area contributed by atoms with Gasteiger partial charge in [-0.05, 0) is 49.8 Å². The summed E-state index contributed by atoms with van der Waals surface area (Å²) in [6, 6.07) is 5.02. The summed E-state index contributed by atoms with van der Waals surface area (Å²) in [6.45, 7) is 6.16. The predicted octanol–water partition coefficient (Wildman–Crippen LogP) is 3.50. The third kappa shape index (κ3) is 2.49. The van der Waals surface area contributed by atoms with Crippen LogP contribution in [0, 0.1) is 24.1 Å². The topological polar surface area (TPSA) is 46.2 Å². The Morgan fingerprint density at radius 2 is 2.20 bits per heavy atom. The molecule has 0 amide bonds. The molecule has 0 saturated heterocycles. The Kier molecular flexibility index (Phi) is 4.22. The first kappa shape index (κ1) is 15.5. The van der Waals surface area contributed by atoms with Crippen LogP contribution in [0.3, 0.4) is 0 Å². The predicted molar refractivity (Wildman–Crippen MR) is 79.8 cm³/mol. The fourth-order valence-corrected chi connectivity index (χ4v) is 3.69. The highest BCUT2D eigenvalue weighted by Gasteiger charge is 2.49. The Morgan fingerprint density at radius 1 is 1.50 bits per heavy atom. The Balaban J connectivity index is 2.42. The third-order valence-electron chi connectivity index (χ3n) is 5.25. The van der Waals surface area contributed by atoms with Crippen LogP contribution in [0.1, 0.15) is 50.7 Å². The molecule has 3 N–H and O–H groups in total. The van der Waals surface area contributed by atoms with Gasteiger partial charge in [-0.25, -0.2) is 4.39 Å². The first-order valence-electron chi connectivity index (χ1n) is 7.51. The molecule has 1 aliphatic carbocycles. The average molecular weight is 279 g/mol. The van der Waals surface area contributed by atoms with Gasteiger partial charge in [-0.2, -0.15) is 0 Å². The molecule has 20 heavy (non-hydrogen) atoms. The van der Waals surface area contributed by atoms with Crippen molar-refractivity contribution in [3.63, 3.8) is 0 Å². The lowest BCUT2D eigenvalue weighted by Gasteiger charge is -2.49. The first-order valence-corrected chi connectivity index (χ1v) is 7.51. The summed E-state index contributed by atoms with van der Waals surface area (Å²) in [5, 5.41) is 11.1. The van der Waals surface area contributed by atoms with Gasteiger partial charge in [-0.15, -0.1) is 0 Å². The molecular weight excluding hydrogens is 253 g/mol. The second-order valence-electron chi connectivity index (χ2n) is 6.72. The van der Waals surface area contributed by atoms with Crippen LogP contribution < -0.4 is 5.73 Å². The molecule has 0 aliphatic heterocycles. The molecule has 1 aliphatic rings. The highest BCUT2D eigenvalue weighted by Crippen LogP contribution is 2.50. The molecule has 1 fully saturated rings. The third-order valence-corrected chi connectivity index (χ3v) is 5.25. The summed E-state index contributed by atoms with van der Waals surface area (Å²) in [6.07, 6.45) is 4.05. The van der Waals surface area contributed by atoms with Crippen LogP contribution in [-0.4, -0.2) is 11.7 Å². The van der Waals surface area contributed by atoms with Crippen molar-refractivity contribution in [2.75, 3.05) is 6.54 Å². The van der Waals surface area contributed by atoms with E-state index in [1.807, 2.05) is 6.07 Å². The van der Waals surface area contributed by atoms with E-state index in [0.717, 1.165) is 19.3 Å². The van der Waals surface area contributed by atoms with Crippen molar-refractivity contribution in [2.45, 2.75) is 52.1 Å². The fraction of sp³-hybridized carbons (Fsp3) is 0.647. The van der Waals surface area contributed by atoms with E-state index in [1.165, 1.54) is 12.5 Å². The summed E-state index contributed by atoms with van der Waals surface area (Å²) in [7, 11) is 0. The molecule has 3 atom stereocenters. The lowest BCUT2D eigenvalue weighted by atomic mass is 9.59. The van der Waals surface area contributed by atoms with E-state index in [4.69, 9.17) is 5.73 Å². The van der Waals surface area contributed by atoms with E-state index < -0.39 is 5.60 Å². The Hall–Kier alpha value is -0.930. The molecule has 2 rings (SSSR count). The monoisotopic (exact) mass is 279 g/mol. The Morgan fingerprint density at radius 3 is 2.75 bits per heavy atom. The molecule has 0 heterocycles. The van der Waals surface area contributed by atoms with Crippen molar-refractivity contribution in [1.82, 2.24) is 0 Å². The molecule has 0 bridgehead atoms. The van der Waals surface area contributed by atoms with Crippen molar-refractivity contribution in [1.29, 1.82) is 0 Å². The van der Waals surface area contributed by atoms with Gasteiger partial charge in [0.15, 0.2) is 0 Å². The SMILES string of the molecule is Cc1ccc(C(C)(O)C2(CN)CCCC(C)C2)cc1F. The maximum absolute atomic E-state index is 13.8. The van der Waals surface area contributed by atoms with E-state index in [-0.39, 0.29) is 11.2 Å². The minimum Gasteiger partial charge on any atom is -0.385 e. The smallest absolute Gasteiger partial charge is 0.126 e. The van der Waals surface area contributed by atoms with Gasteiger partial charge in [0, 0.05) is 12.0 Å². The second-order valence-corrected chi connectivity index (χ2v) is 6.72. The molecule has 2 nitrogen and oxygen atoms in total. The fourth-order valence-electron chi connectivity index (χ4n) is 3.69. The molecule has 1 aromatic carbocycles. The van der Waals surface area contributed by atoms with E-state index in [9.17, 15) is 9.50 Å². The molecule has 3 unspecified atom stereocenters. The quantitative estimate of drug-likeness (QED) is 0.889. The zero-order valence-corrected chi connectivity index (χ0v) is 12.7. The molecule has 112 valence electrons. The van der Waals surface area contributed by atoms with Crippen LogP contribution in [0.5, 0.6) is 0 Å². The number of rotatable bonds is 3. The maximum atomic E-state index is 13.8. The number of benzene rings is 1. The maximum Gasteiger partial charge on any atom is 0.126 e. The Labute approximate surface area is 121 Å². The molecule has 3 heteroatoms. The zero-order valence-electron chi connectivity index (χ0n) is 12.7. The Bertz CT molecular complexity index is 486. The summed E-state index contributed by atoms with van der Waals surface area (Å²) >= 11 is 0. The van der Waals surface area contributed by atoms with Crippen LogP contribution in [-0.2, 0) is 5.60 Å². The van der Waals surface area contributed by atoms with Gasteiger partial charge in [0.05, 0.1) is 5.60 Å². The van der Waals surface area contributed by atoms with Gasteiger partial charge >= 0.3 is 0 Å². The summed E-state index contributed by atoms with van der Waals surface area (Å²) < 4.78 is 13.8. The minimum atomic E-state index is -1.09. The number of aryl methyl sites for hydroxylation is 1. The molecule has 0 radical (unpaired) electrons. The summed E-state index contributed by atoms with van der Waals surface area (Å²) in [4.78, 5) is 0. The zero-order chi connectivity index (χ0) is 15.0. The molecule has 0 aromatic heterocycles. The normalized spacial score (nSPS) is 30.0. The highest BCUT2D eigenvalue weighted by molar-refractivity contribution is 5.30. The van der Waals surface area contributed by atoms with E-state index in [0.29, 0.717) is 23.6 Å². The van der Waals surface area contributed by atoms with E-state index >= 15 is 0 Å². The summed E-state index contributed by atoms with van der Waals surface area (Å²) in [5.74, 6) is 0.285. The van der Waals surface area contributed by atoms with Gasteiger partial charge in [-0.3, -0.25) is 0 Å². The van der Waals surface area contributed by atoms with E-state index in [1.54, 1.807) is 19.9 Å². The van der Waals surface area contributed by atoms with Crippen LogP contribution in [0.4, 0.5) is 4.39 Å². The lowest BCUT2D eigenvalue weighted by Crippen LogP contribution is -2.51. The van der Waals surface area contributed by atoms with Crippen molar-refractivity contribution in [3.8, 4) is 0 Å². The van der Waals surface area contributed by atoms with Crippen LogP contribution >= 0.6 is 0 Å². The number of hydrogen-bond donors (Lipinski definition) is 2. The van der Waals surface area contributed by atoms with Crippen LogP contribution in [0.25, 0.3) is 0 Å². The van der Waals surface area contributed by atoms with Gasteiger partial charge < -0.3 is 10.8 Å². The molecule has 0 spiro atoms. The first-order chi connectivity index (χ1) is 9.32. The minimum absolute atomic E-state index is 0.265. The van der Waals surface area contributed by atoms with Crippen molar-refractivity contribution >= 4 is 0 Å². The van der Waals surface area contributed by atoms with Gasteiger partial charge in [0.2, 0.25) is 0 Å². The van der Waals surface area contributed by atoms with Crippen molar-refractivity contribution < 1.29 is 9.50 Å². The van der Waals surface area contributed by atoms with E-state index in [2.05, 4.69) is 6.92 Å². The molecular formula is C17H26FNO. The van der Waals surface area contributed by atoms with Gasteiger partial charge in [0.1, 0.15) is 5.82 Å². The molecule has 1 aromatic rings. The van der Waals surface area contributed by atoms with Crippen molar-refractivity contribution in [2.24, 2.45) is 17.1 Å². The summed E-state index contributed by atoms with van der Waals surface area (Å²) in [5.41, 5.74) is 5.83. The second kappa shape index (κ2) is 5.45. The van der Waals surface area contributed by atoms with Gasteiger partial charge in [0.25, 0.3) is 0 Å². The number of nitrogens with two attached hydrogens (primary N) is 1. The largest absolute Gasteiger partial charge is 0.385 e. The molecule has 1 saturated carbocycles. The average Bonchev–Trinajstić information content (AvgIpc) is 2.41. The van der Waals surface area contributed by atoms with Crippen molar-refractivity contribution in [3.05, 3.63) is 35.1 Å². The van der Waals surface area contributed by atoms with Crippen LogP contribution in [0.15, 0.2) is 18.2 Å². The lowest BCUT2D eigenvalue weighted by molar-refractivity contribution is -0.101. The van der Waals surface area contributed by atoms with Gasteiger partial charge in [-0.1, -0.05) is 31.9 Å². The number of hydrogen-bond acceptors (Lipinski definition) is 2. The van der Waals surface area contributed by atoms with Crippen LogP contribution in [0.2, 0.25) is 0 Å². The number of aliphatic hydroxyl groups is 1. The number of halogens is 1.